The van der Waals surface area contributed by atoms with Gasteiger partial charge in [0, 0.05) is 0 Å². The van der Waals surface area contributed by atoms with Crippen LogP contribution >= 0.6 is 0 Å². The standard InChI is InChI=1S/C10H19NO4S/c1-9(2,3)16(14,15)11-10(4,8(12)13)7-5-6-7/h7,11H,5-6H2,1-4H3,(H,12,13). The van der Waals surface area contributed by atoms with Crippen LogP contribution in [0.1, 0.15) is 40.5 Å². The van der Waals surface area contributed by atoms with Gasteiger partial charge < -0.3 is 5.11 Å². The van der Waals surface area contributed by atoms with E-state index in [0.717, 1.165) is 12.8 Å². The van der Waals surface area contributed by atoms with Gasteiger partial charge in [0.2, 0.25) is 10.0 Å². The molecule has 94 valence electrons. The Kier molecular flexibility index (Phi) is 3.11. The van der Waals surface area contributed by atoms with E-state index in [4.69, 9.17) is 5.11 Å². The first kappa shape index (κ1) is 13.4. The first-order valence-corrected chi connectivity index (χ1v) is 6.76. The molecule has 0 radical (unpaired) electrons. The van der Waals surface area contributed by atoms with Gasteiger partial charge in [-0.05, 0) is 46.5 Å². The largest absolute Gasteiger partial charge is 0.480 e. The third-order valence-corrected chi connectivity index (χ3v) is 5.30. The van der Waals surface area contributed by atoms with E-state index in [1.807, 2.05) is 0 Å². The zero-order valence-electron chi connectivity index (χ0n) is 10.1. The highest BCUT2D eigenvalue weighted by molar-refractivity contribution is 7.90. The van der Waals surface area contributed by atoms with E-state index >= 15 is 0 Å². The Morgan fingerprint density at radius 2 is 1.69 bits per heavy atom. The second-order valence-electron chi connectivity index (χ2n) is 5.50. The maximum absolute atomic E-state index is 11.9. The number of nitrogens with one attached hydrogen (secondary N) is 1. The molecule has 1 atom stereocenters. The van der Waals surface area contributed by atoms with Gasteiger partial charge in [-0.1, -0.05) is 0 Å². The van der Waals surface area contributed by atoms with Crippen LogP contribution in [0.5, 0.6) is 0 Å². The van der Waals surface area contributed by atoms with Crippen molar-refractivity contribution in [3.63, 3.8) is 0 Å². The quantitative estimate of drug-likeness (QED) is 0.777. The van der Waals surface area contributed by atoms with Crippen molar-refractivity contribution in [3.8, 4) is 0 Å². The van der Waals surface area contributed by atoms with Crippen LogP contribution in [-0.2, 0) is 14.8 Å². The van der Waals surface area contributed by atoms with Gasteiger partial charge in [0.05, 0.1) is 4.75 Å². The molecule has 1 fully saturated rings. The lowest BCUT2D eigenvalue weighted by atomic mass is 9.98. The number of carboxylic acids is 1. The summed E-state index contributed by atoms with van der Waals surface area (Å²) in [6.45, 7) is 6.08. The van der Waals surface area contributed by atoms with Gasteiger partial charge in [-0.2, -0.15) is 4.72 Å². The Labute approximate surface area is 96.3 Å². The fourth-order valence-electron chi connectivity index (χ4n) is 1.39. The van der Waals surface area contributed by atoms with Crippen LogP contribution < -0.4 is 4.72 Å². The molecular weight excluding hydrogens is 230 g/mol. The van der Waals surface area contributed by atoms with Crippen LogP contribution in [0.25, 0.3) is 0 Å². The van der Waals surface area contributed by atoms with Gasteiger partial charge in [0.25, 0.3) is 0 Å². The average Bonchev–Trinajstić information content (AvgIpc) is 2.81. The molecule has 0 aromatic heterocycles. The van der Waals surface area contributed by atoms with Gasteiger partial charge in [-0.25, -0.2) is 8.42 Å². The molecule has 1 aliphatic rings. The van der Waals surface area contributed by atoms with Crippen LogP contribution in [0, 0.1) is 5.92 Å². The van der Waals surface area contributed by atoms with Crippen molar-refractivity contribution in [2.75, 3.05) is 0 Å². The molecular formula is C10H19NO4S. The first-order valence-electron chi connectivity index (χ1n) is 5.27. The Morgan fingerprint density at radius 1 is 1.25 bits per heavy atom. The van der Waals surface area contributed by atoms with Crippen LogP contribution in [-0.4, -0.2) is 29.8 Å². The third kappa shape index (κ3) is 2.38. The molecule has 16 heavy (non-hydrogen) atoms. The molecule has 2 N–H and O–H groups in total. The number of aliphatic carboxylic acids is 1. The van der Waals surface area contributed by atoms with E-state index in [1.54, 1.807) is 20.8 Å². The lowest BCUT2D eigenvalue weighted by Crippen LogP contribution is -2.57. The predicted octanol–water partition coefficient (Wildman–Crippen LogP) is 0.958. The van der Waals surface area contributed by atoms with E-state index in [1.165, 1.54) is 6.92 Å². The fraction of sp³-hybridized carbons (Fsp3) is 0.900. The maximum Gasteiger partial charge on any atom is 0.324 e. The molecule has 1 saturated carbocycles. The third-order valence-electron chi connectivity index (χ3n) is 2.99. The maximum atomic E-state index is 11.9. The van der Waals surface area contributed by atoms with E-state index < -0.39 is 26.3 Å². The summed E-state index contributed by atoms with van der Waals surface area (Å²) < 4.78 is 25.2. The normalized spacial score (nSPS) is 21.5. The van der Waals surface area contributed by atoms with Gasteiger partial charge >= 0.3 is 5.97 Å². The zero-order chi connectivity index (χ0) is 12.8. The molecule has 0 spiro atoms. The summed E-state index contributed by atoms with van der Waals surface area (Å²) in [7, 11) is -3.64. The van der Waals surface area contributed by atoms with Crippen LogP contribution in [0.2, 0.25) is 0 Å². The van der Waals surface area contributed by atoms with Gasteiger partial charge in [0.15, 0.2) is 0 Å². The topological polar surface area (TPSA) is 83.5 Å². The number of rotatable bonds is 4. The van der Waals surface area contributed by atoms with Crippen molar-refractivity contribution in [2.24, 2.45) is 5.92 Å². The predicted molar refractivity (Wildman–Crippen MR) is 60.6 cm³/mol. The molecule has 1 aliphatic carbocycles. The molecule has 5 nitrogen and oxygen atoms in total. The fourth-order valence-corrected chi connectivity index (χ4v) is 2.51. The molecule has 0 aliphatic heterocycles. The van der Waals surface area contributed by atoms with E-state index in [-0.39, 0.29) is 5.92 Å². The van der Waals surface area contributed by atoms with Crippen molar-refractivity contribution in [2.45, 2.75) is 50.8 Å². The summed E-state index contributed by atoms with van der Waals surface area (Å²) in [4.78, 5) is 11.2. The highest BCUT2D eigenvalue weighted by Gasteiger charge is 2.51. The Hall–Kier alpha value is -0.620. The number of carboxylic acid groups (broad SMARTS) is 1. The summed E-state index contributed by atoms with van der Waals surface area (Å²) in [6.07, 6.45) is 1.52. The summed E-state index contributed by atoms with van der Waals surface area (Å²) in [5.74, 6) is -1.20. The number of hydrogen-bond donors (Lipinski definition) is 2. The van der Waals surface area contributed by atoms with E-state index in [2.05, 4.69) is 4.72 Å². The highest BCUT2D eigenvalue weighted by atomic mass is 32.2. The van der Waals surface area contributed by atoms with E-state index in [0.29, 0.717) is 0 Å². The minimum absolute atomic E-state index is 0.0953. The van der Waals surface area contributed by atoms with Gasteiger partial charge in [-0.15, -0.1) is 0 Å². The van der Waals surface area contributed by atoms with Crippen molar-refractivity contribution in [3.05, 3.63) is 0 Å². The minimum atomic E-state index is -3.64. The summed E-state index contributed by atoms with van der Waals surface area (Å²) in [6, 6.07) is 0. The molecule has 1 rings (SSSR count). The van der Waals surface area contributed by atoms with Crippen molar-refractivity contribution < 1.29 is 18.3 Å². The summed E-state index contributed by atoms with van der Waals surface area (Å²) in [5, 5.41) is 9.15. The second-order valence-corrected chi connectivity index (χ2v) is 7.94. The van der Waals surface area contributed by atoms with Gasteiger partial charge in [-0.3, -0.25) is 4.79 Å². The summed E-state index contributed by atoms with van der Waals surface area (Å²) >= 11 is 0. The van der Waals surface area contributed by atoms with Crippen molar-refractivity contribution >= 4 is 16.0 Å². The SMILES string of the molecule is CC(NS(=O)(=O)C(C)(C)C)(C(=O)O)C1CC1. The van der Waals surface area contributed by atoms with Crippen LogP contribution in [0.3, 0.4) is 0 Å². The number of hydrogen-bond acceptors (Lipinski definition) is 3. The smallest absolute Gasteiger partial charge is 0.324 e. The number of sulfonamides is 1. The molecule has 0 aromatic carbocycles. The molecule has 1 unspecified atom stereocenters. The summed E-state index contributed by atoms with van der Waals surface area (Å²) in [5.41, 5.74) is -1.37. The van der Waals surface area contributed by atoms with Gasteiger partial charge in [0.1, 0.15) is 5.54 Å². The Balaban J connectivity index is 2.98. The first-order chi connectivity index (χ1) is 7.01. The Bertz CT molecular complexity index is 392. The van der Waals surface area contributed by atoms with Crippen molar-refractivity contribution in [1.82, 2.24) is 4.72 Å². The molecule has 0 bridgehead atoms. The number of carbonyl (C=O) groups is 1. The molecule has 0 aromatic rings. The average molecular weight is 249 g/mol. The lowest BCUT2D eigenvalue weighted by Gasteiger charge is -2.30. The Morgan fingerprint density at radius 3 is 1.94 bits per heavy atom. The molecule has 0 saturated heterocycles. The van der Waals surface area contributed by atoms with Crippen LogP contribution in [0.4, 0.5) is 0 Å². The zero-order valence-corrected chi connectivity index (χ0v) is 10.9. The molecule has 6 heteroatoms. The molecule has 0 amide bonds. The van der Waals surface area contributed by atoms with Crippen LogP contribution in [0.15, 0.2) is 0 Å². The van der Waals surface area contributed by atoms with Crippen molar-refractivity contribution in [1.29, 1.82) is 0 Å². The van der Waals surface area contributed by atoms with E-state index in [9.17, 15) is 13.2 Å². The highest BCUT2D eigenvalue weighted by Crippen LogP contribution is 2.40. The lowest BCUT2D eigenvalue weighted by molar-refractivity contribution is -0.144. The monoisotopic (exact) mass is 249 g/mol. The molecule has 0 heterocycles. The second kappa shape index (κ2) is 3.70. The minimum Gasteiger partial charge on any atom is -0.480 e.